The van der Waals surface area contributed by atoms with Crippen LogP contribution in [-0.4, -0.2) is 35.8 Å². The minimum atomic E-state index is -3.70. The molecule has 30 heavy (non-hydrogen) atoms. The summed E-state index contributed by atoms with van der Waals surface area (Å²) in [5, 5.41) is 2.77. The van der Waals surface area contributed by atoms with E-state index in [1.165, 1.54) is 9.13 Å². The molecular formula is C21H26N4O4S. The number of fused-ring (bicyclic) bond motifs is 1. The number of nitrogens with one attached hydrogen (secondary N) is 1. The number of hydrogen-bond acceptors (Lipinski definition) is 4. The number of nitrogens with zero attached hydrogens (tertiary/aromatic N) is 3. The second-order valence-electron chi connectivity index (χ2n) is 7.60. The van der Waals surface area contributed by atoms with Crippen LogP contribution >= 0.6 is 0 Å². The fourth-order valence-corrected chi connectivity index (χ4v) is 4.67. The molecule has 3 rings (SSSR count). The number of carbonyl (C=O) groups excluding carboxylic acids is 1. The van der Waals surface area contributed by atoms with Crippen LogP contribution in [0.4, 0.5) is 11.4 Å². The van der Waals surface area contributed by atoms with Gasteiger partial charge in [0.2, 0.25) is 15.9 Å². The van der Waals surface area contributed by atoms with Gasteiger partial charge >= 0.3 is 5.69 Å². The maximum Gasteiger partial charge on any atom is 0.328 e. The van der Waals surface area contributed by atoms with Crippen LogP contribution in [0.2, 0.25) is 0 Å². The molecule has 0 aliphatic carbocycles. The van der Waals surface area contributed by atoms with Crippen LogP contribution in [0.3, 0.4) is 0 Å². The maximum atomic E-state index is 12.9. The molecular weight excluding hydrogens is 404 g/mol. The second kappa shape index (κ2) is 7.64. The molecule has 1 N–H and O–H groups in total. The van der Waals surface area contributed by atoms with E-state index in [-0.39, 0.29) is 5.69 Å². The Morgan fingerprint density at radius 1 is 1.00 bits per heavy atom. The van der Waals surface area contributed by atoms with Crippen LogP contribution in [-0.2, 0) is 28.9 Å². The highest BCUT2D eigenvalue weighted by molar-refractivity contribution is 7.92. The summed E-state index contributed by atoms with van der Waals surface area (Å²) < 4.78 is 29.1. The molecule has 0 aliphatic heterocycles. The van der Waals surface area contributed by atoms with Gasteiger partial charge in [0.1, 0.15) is 6.04 Å². The highest BCUT2D eigenvalue weighted by atomic mass is 32.2. The minimum Gasteiger partial charge on any atom is -0.324 e. The van der Waals surface area contributed by atoms with Crippen LogP contribution in [0.1, 0.15) is 18.1 Å². The van der Waals surface area contributed by atoms with Crippen molar-refractivity contribution >= 4 is 38.3 Å². The molecule has 0 saturated heterocycles. The number of sulfonamides is 1. The molecule has 9 heteroatoms. The molecule has 0 spiro atoms. The molecule has 1 amide bonds. The van der Waals surface area contributed by atoms with Gasteiger partial charge in [0.15, 0.2) is 0 Å². The third-order valence-electron chi connectivity index (χ3n) is 5.37. The summed E-state index contributed by atoms with van der Waals surface area (Å²) in [5.74, 6) is -0.473. The molecule has 0 fully saturated rings. The van der Waals surface area contributed by atoms with Gasteiger partial charge in [-0.05, 0) is 62.2 Å². The number of anilines is 2. The van der Waals surface area contributed by atoms with Gasteiger partial charge in [-0.2, -0.15) is 0 Å². The van der Waals surface area contributed by atoms with Gasteiger partial charge in [-0.15, -0.1) is 0 Å². The average molecular weight is 431 g/mol. The molecule has 1 atom stereocenters. The number of carbonyl (C=O) groups is 1. The molecule has 0 bridgehead atoms. The number of aryl methyl sites for hydroxylation is 4. The summed E-state index contributed by atoms with van der Waals surface area (Å²) in [6, 6.07) is 9.43. The normalized spacial score (nSPS) is 12.7. The molecule has 2 aromatic carbocycles. The Kier molecular flexibility index (Phi) is 5.51. The lowest BCUT2D eigenvalue weighted by atomic mass is 10.1. The van der Waals surface area contributed by atoms with Crippen molar-refractivity contribution in [1.82, 2.24) is 9.13 Å². The third-order valence-corrected chi connectivity index (χ3v) is 6.61. The standard InChI is InChI=1S/C21H26N4O4S/c1-13-7-9-17(11-14(13)2)25(30(6,28)29)15(3)20(26)22-16-8-10-18-19(12-16)24(5)21(27)23(18)4/h7-12,15H,1-6H3,(H,22,26)/t15-/m0/s1. The van der Waals surface area contributed by atoms with E-state index >= 15 is 0 Å². The van der Waals surface area contributed by atoms with Crippen LogP contribution in [0.25, 0.3) is 11.0 Å². The first-order chi connectivity index (χ1) is 13.9. The number of benzene rings is 2. The van der Waals surface area contributed by atoms with Crippen molar-refractivity contribution in [2.24, 2.45) is 14.1 Å². The number of hydrogen-bond donors (Lipinski definition) is 1. The van der Waals surface area contributed by atoms with E-state index in [1.54, 1.807) is 51.4 Å². The summed E-state index contributed by atoms with van der Waals surface area (Å²) in [5.41, 5.74) is 4.12. The lowest BCUT2D eigenvalue weighted by Crippen LogP contribution is -2.45. The van der Waals surface area contributed by atoms with Gasteiger partial charge in [0, 0.05) is 19.8 Å². The van der Waals surface area contributed by atoms with Crippen molar-refractivity contribution in [2.75, 3.05) is 15.9 Å². The topological polar surface area (TPSA) is 93.4 Å². The number of rotatable bonds is 5. The van der Waals surface area contributed by atoms with Crippen molar-refractivity contribution < 1.29 is 13.2 Å². The van der Waals surface area contributed by atoms with Crippen molar-refractivity contribution in [3.05, 3.63) is 58.0 Å². The Morgan fingerprint density at radius 3 is 2.23 bits per heavy atom. The van der Waals surface area contributed by atoms with E-state index in [1.807, 2.05) is 19.9 Å². The van der Waals surface area contributed by atoms with Gasteiger partial charge in [0.25, 0.3) is 0 Å². The first-order valence-electron chi connectivity index (χ1n) is 9.45. The molecule has 0 saturated carbocycles. The Hall–Kier alpha value is -3.07. The quantitative estimate of drug-likeness (QED) is 0.672. The van der Waals surface area contributed by atoms with Gasteiger partial charge in [-0.1, -0.05) is 6.07 Å². The largest absolute Gasteiger partial charge is 0.328 e. The Bertz CT molecular complexity index is 1300. The Morgan fingerprint density at radius 2 is 1.63 bits per heavy atom. The maximum absolute atomic E-state index is 12.9. The third kappa shape index (κ3) is 3.85. The molecule has 0 unspecified atom stereocenters. The molecule has 0 radical (unpaired) electrons. The highest BCUT2D eigenvalue weighted by Crippen LogP contribution is 2.25. The molecule has 8 nitrogen and oxygen atoms in total. The predicted octanol–water partition coefficient (Wildman–Crippen LogP) is 2.29. The smallest absolute Gasteiger partial charge is 0.324 e. The van der Waals surface area contributed by atoms with Crippen LogP contribution in [0, 0.1) is 13.8 Å². The number of aromatic nitrogens is 2. The highest BCUT2D eigenvalue weighted by Gasteiger charge is 2.29. The predicted molar refractivity (Wildman–Crippen MR) is 119 cm³/mol. The summed E-state index contributed by atoms with van der Waals surface area (Å²) in [4.78, 5) is 25.0. The molecule has 1 aromatic heterocycles. The van der Waals surface area contributed by atoms with E-state index in [0.717, 1.165) is 27.2 Å². The van der Waals surface area contributed by atoms with Crippen molar-refractivity contribution in [3.63, 3.8) is 0 Å². The van der Waals surface area contributed by atoms with Crippen molar-refractivity contribution in [2.45, 2.75) is 26.8 Å². The summed E-state index contributed by atoms with van der Waals surface area (Å²) in [6.45, 7) is 5.37. The minimum absolute atomic E-state index is 0.167. The summed E-state index contributed by atoms with van der Waals surface area (Å²) >= 11 is 0. The van der Waals surface area contributed by atoms with E-state index in [0.29, 0.717) is 16.9 Å². The Labute approximate surface area is 175 Å². The van der Waals surface area contributed by atoms with Gasteiger partial charge in [-0.25, -0.2) is 13.2 Å². The fraction of sp³-hybridized carbons (Fsp3) is 0.333. The molecule has 1 heterocycles. The first-order valence-corrected chi connectivity index (χ1v) is 11.3. The molecule has 0 aliphatic rings. The lowest BCUT2D eigenvalue weighted by Gasteiger charge is -2.28. The number of amides is 1. The second-order valence-corrected chi connectivity index (χ2v) is 9.46. The molecule has 3 aromatic rings. The van der Waals surface area contributed by atoms with Crippen molar-refractivity contribution in [1.29, 1.82) is 0 Å². The van der Waals surface area contributed by atoms with Gasteiger partial charge in [0.05, 0.1) is 23.0 Å². The number of imidazole rings is 1. The van der Waals surface area contributed by atoms with E-state index in [2.05, 4.69) is 5.32 Å². The van der Waals surface area contributed by atoms with Crippen LogP contribution < -0.4 is 15.3 Å². The van der Waals surface area contributed by atoms with Crippen LogP contribution in [0.5, 0.6) is 0 Å². The SMILES string of the molecule is Cc1ccc(N([C@@H](C)C(=O)Nc2ccc3c(c2)n(C)c(=O)n3C)S(C)(=O)=O)cc1C. The summed E-state index contributed by atoms with van der Waals surface area (Å²) in [7, 11) is -0.368. The molecule has 160 valence electrons. The zero-order chi connectivity index (χ0) is 22.4. The van der Waals surface area contributed by atoms with Crippen LogP contribution in [0.15, 0.2) is 41.2 Å². The lowest BCUT2D eigenvalue weighted by molar-refractivity contribution is -0.116. The van der Waals surface area contributed by atoms with Gasteiger partial charge in [-0.3, -0.25) is 18.2 Å². The van der Waals surface area contributed by atoms with Crippen molar-refractivity contribution in [3.8, 4) is 0 Å². The monoisotopic (exact) mass is 430 g/mol. The summed E-state index contributed by atoms with van der Waals surface area (Å²) in [6.07, 6.45) is 1.08. The fourth-order valence-electron chi connectivity index (χ4n) is 3.50. The van der Waals surface area contributed by atoms with E-state index in [4.69, 9.17) is 0 Å². The van der Waals surface area contributed by atoms with Gasteiger partial charge < -0.3 is 5.32 Å². The van der Waals surface area contributed by atoms with E-state index in [9.17, 15) is 18.0 Å². The van der Waals surface area contributed by atoms with E-state index < -0.39 is 22.0 Å². The zero-order valence-electron chi connectivity index (χ0n) is 17.9. The average Bonchev–Trinajstić information content (AvgIpc) is 2.87. The Balaban J connectivity index is 1.94. The first kappa shape index (κ1) is 21.6. The zero-order valence-corrected chi connectivity index (χ0v) is 18.7.